The highest BCUT2D eigenvalue weighted by molar-refractivity contribution is 6.35. The number of hydrogen-bond acceptors (Lipinski definition) is 4. The first-order valence-corrected chi connectivity index (χ1v) is 10.8. The minimum atomic E-state index is -0.906. The van der Waals surface area contributed by atoms with Gasteiger partial charge in [0.25, 0.3) is 11.8 Å². The van der Waals surface area contributed by atoms with Crippen LogP contribution in [0.5, 0.6) is 5.75 Å². The van der Waals surface area contributed by atoms with Gasteiger partial charge in [-0.2, -0.15) is 5.26 Å². The quantitative estimate of drug-likeness (QED) is 0.368. The Kier molecular flexibility index (Phi) is 8.31. The van der Waals surface area contributed by atoms with Crippen LogP contribution in [0.25, 0.3) is 0 Å². The van der Waals surface area contributed by atoms with Crippen LogP contribution in [0.2, 0.25) is 10.0 Å². The molecule has 0 aliphatic carbocycles. The van der Waals surface area contributed by atoms with Crippen LogP contribution < -0.4 is 10.1 Å². The molecule has 3 aromatic carbocycles. The van der Waals surface area contributed by atoms with Crippen molar-refractivity contribution < 1.29 is 14.3 Å². The largest absolute Gasteiger partial charge is 0.489 e. The molecule has 0 fully saturated rings. The van der Waals surface area contributed by atoms with E-state index < -0.39 is 17.9 Å². The van der Waals surface area contributed by atoms with Crippen molar-refractivity contribution in [1.82, 2.24) is 10.2 Å². The Morgan fingerprint density at radius 1 is 1.00 bits per heavy atom. The summed E-state index contributed by atoms with van der Waals surface area (Å²) in [4.78, 5) is 26.2. The second-order valence-electron chi connectivity index (χ2n) is 7.23. The van der Waals surface area contributed by atoms with Crippen molar-refractivity contribution in [2.45, 2.75) is 19.1 Å². The van der Waals surface area contributed by atoms with Gasteiger partial charge in [-0.15, -0.1) is 0 Å². The number of nitriles is 1. The van der Waals surface area contributed by atoms with E-state index in [2.05, 4.69) is 5.32 Å². The summed E-state index contributed by atoms with van der Waals surface area (Å²) in [7, 11) is 1.36. The van der Waals surface area contributed by atoms with Crippen molar-refractivity contribution in [3.8, 4) is 11.9 Å². The van der Waals surface area contributed by atoms with Crippen LogP contribution in [-0.2, 0) is 17.8 Å². The third kappa shape index (κ3) is 6.48. The topological polar surface area (TPSA) is 82.4 Å². The Bertz CT molecular complexity index is 1140. The summed E-state index contributed by atoms with van der Waals surface area (Å²) in [6.07, 6.45) is 1.99. The molecule has 3 rings (SSSR count). The zero-order chi connectivity index (χ0) is 23.8. The molecule has 0 bridgehead atoms. The van der Waals surface area contributed by atoms with Crippen LogP contribution in [-0.4, -0.2) is 29.8 Å². The van der Waals surface area contributed by atoms with Gasteiger partial charge in [0.15, 0.2) is 6.19 Å². The molecule has 0 spiro atoms. The predicted octanol–water partition coefficient (Wildman–Crippen LogP) is 4.85. The molecule has 0 saturated carbocycles. The molecular weight excluding hydrogens is 461 g/mol. The van der Waals surface area contributed by atoms with Gasteiger partial charge >= 0.3 is 0 Å². The van der Waals surface area contributed by atoms with Crippen LogP contribution in [0.1, 0.15) is 21.5 Å². The maximum atomic E-state index is 12.7. The van der Waals surface area contributed by atoms with Crippen molar-refractivity contribution in [2.75, 3.05) is 7.05 Å². The first-order valence-electron chi connectivity index (χ1n) is 10.1. The predicted molar refractivity (Wildman–Crippen MR) is 127 cm³/mol. The summed E-state index contributed by atoms with van der Waals surface area (Å²) in [5.41, 5.74) is 1.91. The Balaban J connectivity index is 1.69. The normalized spacial score (nSPS) is 11.2. The molecule has 168 valence electrons. The zero-order valence-electron chi connectivity index (χ0n) is 17.8. The summed E-state index contributed by atoms with van der Waals surface area (Å²) < 4.78 is 5.78. The molecule has 1 atom stereocenters. The SMILES string of the molecule is CN(C#N)C(=O)[C@H](Cc1ccc(OCc2c(Cl)cccc2Cl)cc1)NC(=O)c1ccccc1. The van der Waals surface area contributed by atoms with Gasteiger partial charge in [0.1, 0.15) is 18.4 Å². The highest BCUT2D eigenvalue weighted by Gasteiger charge is 2.25. The number of halogens is 2. The molecule has 8 heteroatoms. The highest BCUT2D eigenvalue weighted by atomic mass is 35.5. The van der Waals surface area contributed by atoms with E-state index in [0.717, 1.165) is 10.5 Å². The lowest BCUT2D eigenvalue weighted by molar-refractivity contribution is -0.129. The Labute approximate surface area is 202 Å². The molecule has 0 aromatic heterocycles. The highest BCUT2D eigenvalue weighted by Crippen LogP contribution is 2.26. The third-order valence-electron chi connectivity index (χ3n) is 4.93. The summed E-state index contributed by atoms with van der Waals surface area (Å²) >= 11 is 12.3. The fraction of sp³-hybridized carbons (Fsp3) is 0.160. The van der Waals surface area contributed by atoms with Crippen molar-refractivity contribution in [3.63, 3.8) is 0 Å². The Morgan fingerprint density at radius 3 is 2.24 bits per heavy atom. The molecule has 0 saturated heterocycles. The number of benzene rings is 3. The second-order valence-corrected chi connectivity index (χ2v) is 8.04. The van der Waals surface area contributed by atoms with Crippen LogP contribution in [0, 0.1) is 11.5 Å². The maximum absolute atomic E-state index is 12.7. The fourth-order valence-corrected chi connectivity index (χ4v) is 3.60. The van der Waals surface area contributed by atoms with Gasteiger partial charge < -0.3 is 10.1 Å². The number of carbonyl (C=O) groups excluding carboxylic acids is 2. The van der Waals surface area contributed by atoms with Crippen molar-refractivity contribution in [1.29, 1.82) is 5.26 Å². The molecule has 3 aromatic rings. The second kappa shape index (κ2) is 11.4. The van der Waals surface area contributed by atoms with Crippen molar-refractivity contribution >= 4 is 35.0 Å². The summed E-state index contributed by atoms with van der Waals surface area (Å²) in [5, 5.41) is 12.9. The van der Waals surface area contributed by atoms with Gasteiger partial charge in [0.2, 0.25) is 0 Å². The van der Waals surface area contributed by atoms with Gasteiger partial charge in [-0.05, 0) is 42.0 Å². The van der Waals surface area contributed by atoms with Gasteiger partial charge in [-0.1, -0.05) is 59.6 Å². The molecule has 2 amide bonds. The third-order valence-corrected chi connectivity index (χ3v) is 5.64. The van der Waals surface area contributed by atoms with Gasteiger partial charge in [-0.3, -0.25) is 14.5 Å². The molecular formula is C25H21Cl2N3O3. The van der Waals surface area contributed by atoms with Crippen LogP contribution >= 0.6 is 23.2 Å². The monoisotopic (exact) mass is 481 g/mol. The van der Waals surface area contributed by atoms with E-state index in [0.29, 0.717) is 26.9 Å². The van der Waals surface area contributed by atoms with E-state index in [1.807, 2.05) is 0 Å². The first kappa shape index (κ1) is 24.1. The van der Waals surface area contributed by atoms with Crippen LogP contribution in [0.15, 0.2) is 72.8 Å². The van der Waals surface area contributed by atoms with E-state index in [9.17, 15) is 9.59 Å². The fourth-order valence-electron chi connectivity index (χ4n) is 3.10. The summed E-state index contributed by atoms with van der Waals surface area (Å²) in [6, 6.07) is 20.0. The zero-order valence-corrected chi connectivity index (χ0v) is 19.3. The number of carbonyl (C=O) groups is 2. The number of hydrogen-bond donors (Lipinski definition) is 1. The molecule has 0 aliphatic heterocycles. The summed E-state index contributed by atoms with van der Waals surface area (Å²) in [5.74, 6) is -0.299. The molecule has 33 heavy (non-hydrogen) atoms. The molecule has 1 N–H and O–H groups in total. The van der Waals surface area contributed by atoms with Gasteiger partial charge in [0, 0.05) is 34.6 Å². The van der Waals surface area contributed by atoms with E-state index >= 15 is 0 Å². The number of ether oxygens (including phenoxy) is 1. The lowest BCUT2D eigenvalue weighted by Gasteiger charge is -2.20. The number of amides is 2. The lowest BCUT2D eigenvalue weighted by Crippen LogP contribution is -2.47. The molecule has 0 radical (unpaired) electrons. The van der Waals surface area contributed by atoms with Crippen molar-refractivity contribution in [2.24, 2.45) is 0 Å². The lowest BCUT2D eigenvalue weighted by atomic mass is 10.0. The minimum Gasteiger partial charge on any atom is -0.489 e. The van der Waals surface area contributed by atoms with Crippen LogP contribution in [0.3, 0.4) is 0 Å². The number of nitrogens with one attached hydrogen (secondary N) is 1. The minimum absolute atomic E-state index is 0.207. The number of rotatable bonds is 8. The standard InChI is InChI=1S/C25H21Cl2N3O3/c1-30(16-28)25(32)23(29-24(31)18-6-3-2-4-7-18)14-17-10-12-19(13-11-17)33-15-20-21(26)8-5-9-22(20)27/h2-13,23H,14-15H2,1H3,(H,29,31)/t23-/m0/s1. The number of likely N-dealkylation sites (N-methyl/N-ethyl adjacent to an activating group) is 1. The first-order chi connectivity index (χ1) is 15.9. The summed E-state index contributed by atoms with van der Waals surface area (Å²) in [6.45, 7) is 0.207. The van der Waals surface area contributed by atoms with Crippen molar-refractivity contribution in [3.05, 3.63) is 99.5 Å². The van der Waals surface area contributed by atoms with Gasteiger partial charge in [-0.25, -0.2) is 0 Å². The number of nitrogens with zero attached hydrogens (tertiary/aromatic N) is 2. The van der Waals surface area contributed by atoms with Gasteiger partial charge in [0.05, 0.1) is 0 Å². The van der Waals surface area contributed by atoms with E-state index in [1.54, 1.807) is 79.0 Å². The Morgan fingerprint density at radius 2 is 1.64 bits per heavy atom. The van der Waals surface area contributed by atoms with E-state index in [1.165, 1.54) is 7.05 Å². The molecule has 6 nitrogen and oxygen atoms in total. The Hall–Kier alpha value is -3.53. The molecule has 0 aliphatic rings. The van der Waals surface area contributed by atoms with E-state index in [-0.39, 0.29) is 13.0 Å². The molecule has 0 unspecified atom stereocenters. The average Bonchev–Trinajstić information content (AvgIpc) is 2.83. The van der Waals surface area contributed by atoms with Crippen LogP contribution in [0.4, 0.5) is 0 Å². The smallest absolute Gasteiger partial charge is 0.258 e. The maximum Gasteiger partial charge on any atom is 0.258 e. The van der Waals surface area contributed by atoms with E-state index in [4.69, 9.17) is 33.2 Å². The molecule has 0 heterocycles. The average molecular weight is 482 g/mol.